The minimum atomic E-state index is 0.455. The molecule has 0 saturated heterocycles. The van der Waals surface area contributed by atoms with Gasteiger partial charge in [-0.05, 0) is 12.0 Å². The van der Waals surface area contributed by atoms with Crippen molar-refractivity contribution in [3.05, 3.63) is 24.2 Å². The van der Waals surface area contributed by atoms with Crippen LogP contribution in [0.5, 0.6) is 0 Å². The summed E-state index contributed by atoms with van der Waals surface area (Å²) in [7, 11) is 1.90. The number of hydrogen-bond acceptors (Lipinski definition) is 4. The lowest BCUT2D eigenvalue weighted by Crippen LogP contribution is -2.01. The van der Waals surface area contributed by atoms with Crippen LogP contribution in [0.1, 0.15) is 5.56 Å². The molecule has 2 aromatic heterocycles. The van der Waals surface area contributed by atoms with Crippen LogP contribution >= 0.6 is 0 Å². The van der Waals surface area contributed by atoms with Crippen molar-refractivity contribution in [2.45, 2.75) is 13.0 Å². The smallest absolute Gasteiger partial charge is 0.165 e. The molecule has 2 N–H and O–H groups in total. The SMILES string of the molecule is Cn1cc(CCn2cc(N)nn2)cn1. The van der Waals surface area contributed by atoms with Crippen LogP contribution in [0.3, 0.4) is 0 Å². The van der Waals surface area contributed by atoms with Gasteiger partial charge in [0.2, 0.25) is 0 Å². The van der Waals surface area contributed by atoms with Crippen molar-refractivity contribution in [2.24, 2.45) is 7.05 Å². The molecular weight excluding hydrogens is 180 g/mol. The second-order valence-electron chi connectivity index (χ2n) is 3.18. The number of nitrogen functional groups attached to an aromatic ring is 1. The summed E-state index contributed by atoms with van der Waals surface area (Å²) in [6.07, 6.45) is 6.44. The third-order valence-electron chi connectivity index (χ3n) is 1.94. The van der Waals surface area contributed by atoms with E-state index in [0.29, 0.717) is 5.82 Å². The molecule has 0 aliphatic rings. The lowest BCUT2D eigenvalue weighted by Gasteiger charge is -1.96. The molecule has 0 amide bonds. The van der Waals surface area contributed by atoms with Crippen molar-refractivity contribution >= 4 is 5.82 Å². The summed E-state index contributed by atoms with van der Waals surface area (Å²) in [5.41, 5.74) is 6.62. The van der Waals surface area contributed by atoms with Gasteiger partial charge in [-0.15, -0.1) is 5.10 Å². The van der Waals surface area contributed by atoms with Crippen molar-refractivity contribution in [3.8, 4) is 0 Å². The van der Waals surface area contributed by atoms with Gasteiger partial charge in [0.25, 0.3) is 0 Å². The van der Waals surface area contributed by atoms with Crippen LogP contribution in [-0.4, -0.2) is 24.8 Å². The summed E-state index contributed by atoms with van der Waals surface area (Å²) < 4.78 is 3.51. The summed E-state index contributed by atoms with van der Waals surface area (Å²) >= 11 is 0. The molecule has 0 saturated carbocycles. The third kappa shape index (κ3) is 1.90. The highest BCUT2D eigenvalue weighted by Crippen LogP contribution is 2.00. The lowest BCUT2D eigenvalue weighted by atomic mass is 10.2. The van der Waals surface area contributed by atoms with Crippen molar-refractivity contribution < 1.29 is 0 Å². The Labute approximate surface area is 81.3 Å². The summed E-state index contributed by atoms with van der Waals surface area (Å²) in [4.78, 5) is 0. The standard InChI is InChI=1S/C8H12N6/c1-13-5-7(4-10-13)2-3-14-6-8(9)11-12-14/h4-6H,2-3,9H2,1H3. The Kier molecular flexibility index (Phi) is 2.18. The van der Waals surface area contributed by atoms with E-state index in [1.54, 1.807) is 15.6 Å². The molecule has 0 radical (unpaired) electrons. The molecule has 0 unspecified atom stereocenters. The summed E-state index contributed by atoms with van der Waals surface area (Å²) in [6, 6.07) is 0. The largest absolute Gasteiger partial charge is 0.381 e. The molecule has 6 heteroatoms. The first-order valence-electron chi connectivity index (χ1n) is 4.37. The molecule has 0 aliphatic heterocycles. The van der Waals surface area contributed by atoms with Crippen LogP contribution in [0, 0.1) is 0 Å². The van der Waals surface area contributed by atoms with E-state index >= 15 is 0 Å². The zero-order valence-electron chi connectivity index (χ0n) is 7.96. The fourth-order valence-corrected chi connectivity index (χ4v) is 1.27. The molecule has 2 heterocycles. The third-order valence-corrected chi connectivity index (χ3v) is 1.94. The molecule has 14 heavy (non-hydrogen) atoms. The Bertz CT molecular complexity index is 375. The zero-order valence-corrected chi connectivity index (χ0v) is 7.96. The molecule has 74 valence electrons. The Morgan fingerprint density at radius 2 is 2.29 bits per heavy atom. The predicted octanol–water partition coefficient (Wildman–Crippen LogP) is -0.164. The number of nitrogens with two attached hydrogens (primary N) is 1. The number of aromatic nitrogens is 5. The van der Waals surface area contributed by atoms with Gasteiger partial charge in [0.05, 0.1) is 12.4 Å². The average molecular weight is 192 g/mol. The highest BCUT2D eigenvalue weighted by molar-refractivity contribution is 5.19. The van der Waals surface area contributed by atoms with E-state index in [2.05, 4.69) is 15.4 Å². The van der Waals surface area contributed by atoms with E-state index in [9.17, 15) is 0 Å². The van der Waals surface area contributed by atoms with Gasteiger partial charge in [0, 0.05) is 19.8 Å². The molecule has 0 spiro atoms. The van der Waals surface area contributed by atoms with Gasteiger partial charge in [0.1, 0.15) is 0 Å². The maximum absolute atomic E-state index is 5.44. The number of hydrogen-bond donors (Lipinski definition) is 1. The van der Waals surface area contributed by atoms with Crippen LogP contribution in [0.2, 0.25) is 0 Å². The van der Waals surface area contributed by atoms with Crippen molar-refractivity contribution in [3.63, 3.8) is 0 Å². The van der Waals surface area contributed by atoms with E-state index in [1.165, 1.54) is 5.56 Å². The molecule has 0 bridgehead atoms. The molecule has 6 nitrogen and oxygen atoms in total. The molecular formula is C8H12N6. The second-order valence-corrected chi connectivity index (χ2v) is 3.18. The Balaban J connectivity index is 1.94. The van der Waals surface area contributed by atoms with Gasteiger partial charge < -0.3 is 5.73 Å². The Morgan fingerprint density at radius 1 is 1.43 bits per heavy atom. The second kappa shape index (κ2) is 3.49. The van der Waals surface area contributed by atoms with E-state index in [0.717, 1.165) is 13.0 Å². The van der Waals surface area contributed by atoms with Gasteiger partial charge in [-0.1, -0.05) is 5.21 Å². The number of nitrogens with zero attached hydrogens (tertiary/aromatic N) is 5. The number of rotatable bonds is 3. The van der Waals surface area contributed by atoms with Crippen LogP contribution < -0.4 is 5.73 Å². The summed E-state index contributed by atoms with van der Waals surface area (Å²) in [5, 5.41) is 11.6. The first kappa shape index (κ1) is 8.74. The Hall–Kier alpha value is -1.85. The fourth-order valence-electron chi connectivity index (χ4n) is 1.27. The van der Waals surface area contributed by atoms with Crippen molar-refractivity contribution in [2.75, 3.05) is 5.73 Å². The molecule has 2 rings (SSSR count). The average Bonchev–Trinajstić information content (AvgIpc) is 2.72. The van der Waals surface area contributed by atoms with E-state index < -0.39 is 0 Å². The topological polar surface area (TPSA) is 74.5 Å². The summed E-state index contributed by atoms with van der Waals surface area (Å²) in [5.74, 6) is 0.455. The first-order chi connectivity index (χ1) is 6.74. The van der Waals surface area contributed by atoms with Crippen LogP contribution in [0.4, 0.5) is 5.82 Å². The number of anilines is 1. The van der Waals surface area contributed by atoms with Gasteiger partial charge in [0.15, 0.2) is 5.82 Å². The van der Waals surface area contributed by atoms with Crippen molar-refractivity contribution in [1.29, 1.82) is 0 Å². The monoisotopic (exact) mass is 192 g/mol. The van der Waals surface area contributed by atoms with E-state index in [-0.39, 0.29) is 0 Å². The van der Waals surface area contributed by atoms with Crippen LogP contribution in [0.15, 0.2) is 18.6 Å². The highest BCUT2D eigenvalue weighted by Gasteiger charge is 1.99. The normalized spacial score (nSPS) is 10.6. The summed E-state index contributed by atoms with van der Waals surface area (Å²) in [6.45, 7) is 0.774. The van der Waals surface area contributed by atoms with Crippen LogP contribution in [-0.2, 0) is 20.0 Å². The molecule has 0 aliphatic carbocycles. The predicted molar refractivity (Wildman–Crippen MR) is 51.3 cm³/mol. The zero-order chi connectivity index (χ0) is 9.97. The minimum Gasteiger partial charge on any atom is -0.381 e. The maximum Gasteiger partial charge on any atom is 0.165 e. The Morgan fingerprint density at radius 3 is 2.86 bits per heavy atom. The lowest BCUT2D eigenvalue weighted by molar-refractivity contribution is 0.589. The van der Waals surface area contributed by atoms with E-state index in [1.807, 2.05) is 19.4 Å². The number of aryl methyl sites for hydroxylation is 3. The molecule has 0 aromatic carbocycles. The minimum absolute atomic E-state index is 0.455. The molecule has 2 aromatic rings. The van der Waals surface area contributed by atoms with E-state index in [4.69, 9.17) is 5.73 Å². The van der Waals surface area contributed by atoms with Gasteiger partial charge in [-0.3, -0.25) is 9.36 Å². The molecule has 0 atom stereocenters. The quantitative estimate of drug-likeness (QED) is 0.733. The van der Waals surface area contributed by atoms with Gasteiger partial charge >= 0.3 is 0 Å². The highest BCUT2D eigenvalue weighted by atomic mass is 15.4. The van der Waals surface area contributed by atoms with Crippen molar-refractivity contribution in [1.82, 2.24) is 24.8 Å². The fraction of sp³-hybridized carbons (Fsp3) is 0.375. The van der Waals surface area contributed by atoms with Crippen LogP contribution in [0.25, 0.3) is 0 Å². The molecule has 0 fully saturated rings. The first-order valence-corrected chi connectivity index (χ1v) is 4.37. The van der Waals surface area contributed by atoms with Gasteiger partial charge in [-0.25, -0.2) is 0 Å². The maximum atomic E-state index is 5.44. The van der Waals surface area contributed by atoms with Gasteiger partial charge in [-0.2, -0.15) is 5.10 Å².